The highest BCUT2D eigenvalue weighted by Crippen LogP contribution is 2.28. The lowest BCUT2D eigenvalue weighted by atomic mass is 9.90. The second-order valence-corrected chi connectivity index (χ2v) is 9.58. The van der Waals surface area contributed by atoms with E-state index in [1.54, 1.807) is 30.3 Å². The van der Waals surface area contributed by atoms with E-state index in [1.807, 2.05) is 43.3 Å². The SMILES string of the molecule is Cc1ccc(Sc2ccc(=O)n(-c3ccc(C(=O)Nc4cccc5c4CCCC5)cc3)n2)cc1. The number of nitrogens with zero attached hydrogens (tertiary/aromatic N) is 2. The van der Waals surface area contributed by atoms with E-state index in [-0.39, 0.29) is 11.5 Å². The number of aromatic nitrogens is 2. The minimum Gasteiger partial charge on any atom is -0.322 e. The van der Waals surface area contributed by atoms with Gasteiger partial charge in [0.2, 0.25) is 0 Å². The fourth-order valence-corrected chi connectivity index (χ4v) is 4.98. The van der Waals surface area contributed by atoms with Gasteiger partial charge in [0.25, 0.3) is 11.5 Å². The Morgan fingerprint density at radius 2 is 1.68 bits per heavy atom. The summed E-state index contributed by atoms with van der Waals surface area (Å²) in [4.78, 5) is 26.4. The van der Waals surface area contributed by atoms with Crippen molar-refractivity contribution in [2.75, 3.05) is 5.32 Å². The molecule has 0 saturated heterocycles. The number of carbonyl (C=O) groups excluding carboxylic acids is 1. The number of anilines is 1. The Bertz CT molecular complexity index is 1390. The predicted octanol–water partition coefficient (Wildman–Crippen LogP) is 5.82. The molecule has 1 N–H and O–H groups in total. The zero-order chi connectivity index (χ0) is 23.5. The van der Waals surface area contributed by atoms with Crippen molar-refractivity contribution in [3.8, 4) is 5.69 Å². The van der Waals surface area contributed by atoms with Crippen LogP contribution in [0.4, 0.5) is 5.69 Å². The first-order valence-electron chi connectivity index (χ1n) is 11.4. The normalized spacial score (nSPS) is 12.7. The molecule has 5 rings (SSSR count). The molecule has 1 amide bonds. The molecule has 0 aliphatic heterocycles. The Kier molecular flexibility index (Phi) is 6.32. The van der Waals surface area contributed by atoms with Gasteiger partial charge in [-0.05, 0) is 92.3 Å². The van der Waals surface area contributed by atoms with E-state index in [1.165, 1.54) is 45.6 Å². The minimum absolute atomic E-state index is 0.158. The molecule has 34 heavy (non-hydrogen) atoms. The van der Waals surface area contributed by atoms with Gasteiger partial charge in [0.1, 0.15) is 5.03 Å². The highest BCUT2D eigenvalue weighted by Gasteiger charge is 2.15. The number of nitrogens with one attached hydrogen (secondary N) is 1. The lowest BCUT2D eigenvalue weighted by Gasteiger charge is -2.19. The highest BCUT2D eigenvalue weighted by atomic mass is 32.2. The van der Waals surface area contributed by atoms with Crippen LogP contribution in [-0.4, -0.2) is 15.7 Å². The van der Waals surface area contributed by atoms with Gasteiger partial charge in [-0.3, -0.25) is 9.59 Å². The number of fused-ring (bicyclic) bond motifs is 1. The fourth-order valence-electron chi connectivity index (χ4n) is 4.21. The van der Waals surface area contributed by atoms with Crippen LogP contribution in [0.1, 0.15) is 39.9 Å². The predicted molar refractivity (Wildman–Crippen MR) is 136 cm³/mol. The van der Waals surface area contributed by atoms with Crippen molar-refractivity contribution in [3.05, 3.63) is 111 Å². The molecule has 0 fully saturated rings. The summed E-state index contributed by atoms with van der Waals surface area (Å²) in [6, 6.07) is 24.5. The monoisotopic (exact) mass is 467 g/mol. The van der Waals surface area contributed by atoms with E-state index < -0.39 is 0 Å². The maximum absolute atomic E-state index is 12.9. The molecule has 0 atom stereocenters. The maximum atomic E-state index is 12.9. The van der Waals surface area contributed by atoms with Crippen molar-refractivity contribution >= 4 is 23.4 Å². The average molecular weight is 468 g/mol. The van der Waals surface area contributed by atoms with Crippen molar-refractivity contribution in [1.29, 1.82) is 0 Å². The molecule has 1 heterocycles. The topological polar surface area (TPSA) is 64.0 Å². The van der Waals surface area contributed by atoms with Gasteiger partial charge in [-0.1, -0.05) is 41.6 Å². The van der Waals surface area contributed by atoms with E-state index in [4.69, 9.17) is 0 Å². The van der Waals surface area contributed by atoms with Gasteiger partial charge in [-0.15, -0.1) is 0 Å². The molecule has 0 bridgehead atoms. The van der Waals surface area contributed by atoms with Gasteiger partial charge in [0, 0.05) is 22.2 Å². The first kappa shape index (κ1) is 22.2. The zero-order valence-corrected chi connectivity index (χ0v) is 19.8. The van der Waals surface area contributed by atoms with Crippen molar-refractivity contribution in [2.24, 2.45) is 0 Å². The standard InChI is InChI=1S/C28H25N3O2S/c1-19-9-15-23(16-10-19)34-26-17-18-27(32)31(30-26)22-13-11-21(12-14-22)28(33)29-25-8-4-6-20-5-2-3-7-24(20)25/h4,6,8-18H,2-3,5,7H2,1H3,(H,29,33). The molecule has 0 spiro atoms. The largest absolute Gasteiger partial charge is 0.322 e. The van der Waals surface area contributed by atoms with Crippen LogP contribution in [0.15, 0.2) is 93.6 Å². The number of benzene rings is 3. The highest BCUT2D eigenvalue weighted by molar-refractivity contribution is 7.99. The molecule has 170 valence electrons. The second kappa shape index (κ2) is 9.69. The third-order valence-electron chi connectivity index (χ3n) is 6.04. The molecule has 3 aromatic carbocycles. The number of amides is 1. The molecular weight excluding hydrogens is 442 g/mol. The van der Waals surface area contributed by atoms with Crippen LogP contribution in [0.5, 0.6) is 0 Å². The molecule has 6 heteroatoms. The Labute approximate surface area is 202 Å². The zero-order valence-electron chi connectivity index (χ0n) is 19.0. The number of hydrogen-bond donors (Lipinski definition) is 1. The van der Waals surface area contributed by atoms with Crippen molar-refractivity contribution in [3.63, 3.8) is 0 Å². The third kappa shape index (κ3) is 4.82. The second-order valence-electron chi connectivity index (χ2n) is 8.49. The summed E-state index contributed by atoms with van der Waals surface area (Å²) < 4.78 is 1.37. The third-order valence-corrected chi connectivity index (χ3v) is 6.97. The van der Waals surface area contributed by atoms with Crippen LogP contribution in [0, 0.1) is 6.92 Å². The van der Waals surface area contributed by atoms with Crippen molar-refractivity contribution in [1.82, 2.24) is 9.78 Å². The summed E-state index contributed by atoms with van der Waals surface area (Å²) in [5.74, 6) is -0.158. The summed E-state index contributed by atoms with van der Waals surface area (Å²) in [5, 5.41) is 8.31. The molecule has 0 unspecified atom stereocenters. The molecule has 1 aliphatic rings. The average Bonchev–Trinajstić information content (AvgIpc) is 2.87. The maximum Gasteiger partial charge on any atom is 0.271 e. The molecule has 5 nitrogen and oxygen atoms in total. The van der Waals surface area contributed by atoms with Crippen LogP contribution >= 0.6 is 11.8 Å². The van der Waals surface area contributed by atoms with E-state index in [9.17, 15) is 9.59 Å². The first-order valence-corrected chi connectivity index (χ1v) is 12.3. The van der Waals surface area contributed by atoms with Gasteiger partial charge in [-0.2, -0.15) is 9.78 Å². The van der Waals surface area contributed by atoms with Gasteiger partial charge in [0.05, 0.1) is 5.69 Å². The number of hydrogen-bond acceptors (Lipinski definition) is 4. The summed E-state index contributed by atoms with van der Waals surface area (Å²) in [6.07, 6.45) is 4.41. The first-order chi connectivity index (χ1) is 16.6. The van der Waals surface area contributed by atoms with Gasteiger partial charge in [-0.25, -0.2) is 0 Å². The number of rotatable bonds is 5. The van der Waals surface area contributed by atoms with E-state index >= 15 is 0 Å². The minimum atomic E-state index is -0.221. The Morgan fingerprint density at radius 1 is 0.912 bits per heavy atom. The molecule has 0 radical (unpaired) electrons. The van der Waals surface area contributed by atoms with Gasteiger partial charge >= 0.3 is 0 Å². The molecule has 0 saturated carbocycles. The van der Waals surface area contributed by atoms with Crippen LogP contribution in [0.3, 0.4) is 0 Å². The van der Waals surface area contributed by atoms with Crippen LogP contribution in [-0.2, 0) is 12.8 Å². The van der Waals surface area contributed by atoms with Crippen molar-refractivity contribution in [2.45, 2.75) is 42.5 Å². The summed E-state index contributed by atoms with van der Waals surface area (Å²) >= 11 is 1.50. The van der Waals surface area contributed by atoms with E-state index in [0.29, 0.717) is 11.3 Å². The lowest BCUT2D eigenvalue weighted by Crippen LogP contribution is -2.20. The Morgan fingerprint density at radius 3 is 2.47 bits per heavy atom. The number of carbonyl (C=O) groups is 1. The lowest BCUT2D eigenvalue weighted by molar-refractivity contribution is 0.102. The van der Waals surface area contributed by atoms with Crippen LogP contribution in [0.2, 0.25) is 0 Å². The summed E-state index contributed by atoms with van der Waals surface area (Å²) in [6.45, 7) is 2.05. The van der Waals surface area contributed by atoms with Crippen molar-refractivity contribution < 1.29 is 4.79 Å². The van der Waals surface area contributed by atoms with Gasteiger partial charge < -0.3 is 5.32 Å². The smallest absolute Gasteiger partial charge is 0.271 e. The van der Waals surface area contributed by atoms with E-state index in [2.05, 4.69) is 16.5 Å². The Balaban J connectivity index is 1.34. The molecular formula is C28H25N3O2S. The summed E-state index contributed by atoms with van der Waals surface area (Å²) in [7, 11) is 0. The molecule has 1 aromatic heterocycles. The quantitative estimate of drug-likeness (QED) is 0.401. The summed E-state index contributed by atoms with van der Waals surface area (Å²) in [5.41, 5.74) is 5.59. The fraction of sp³-hybridized carbons (Fsp3) is 0.179. The number of aryl methyl sites for hydroxylation is 2. The Hall–Kier alpha value is -3.64. The molecule has 1 aliphatic carbocycles. The van der Waals surface area contributed by atoms with Gasteiger partial charge in [0.15, 0.2) is 0 Å². The van der Waals surface area contributed by atoms with Crippen LogP contribution < -0.4 is 10.9 Å². The van der Waals surface area contributed by atoms with Crippen LogP contribution in [0.25, 0.3) is 5.69 Å². The van der Waals surface area contributed by atoms with E-state index in [0.717, 1.165) is 34.9 Å². The molecule has 4 aromatic rings.